The first-order valence-electron chi connectivity index (χ1n) is 5.72. The summed E-state index contributed by atoms with van der Waals surface area (Å²) in [4.78, 5) is 13.5. The molecule has 0 saturated carbocycles. The lowest BCUT2D eigenvalue weighted by Gasteiger charge is -2.13. The molecular weight excluding hydrogens is 222 g/mol. The zero-order valence-corrected chi connectivity index (χ0v) is 9.89. The van der Waals surface area contributed by atoms with E-state index in [-0.39, 0.29) is 5.76 Å². The number of hydrogen-bond donors (Lipinski definition) is 1. The summed E-state index contributed by atoms with van der Waals surface area (Å²) in [6.07, 6.45) is 1.02. The quantitative estimate of drug-likeness (QED) is 0.756. The highest BCUT2D eigenvalue weighted by atomic mass is 16.5. The van der Waals surface area contributed by atoms with Crippen molar-refractivity contribution < 1.29 is 14.1 Å². The van der Waals surface area contributed by atoms with E-state index >= 15 is 0 Å². The third kappa shape index (κ3) is 2.65. The number of likely N-dealkylation sites (tertiary alicyclic amines) is 1. The van der Waals surface area contributed by atoms with Gasteiger partial charge in [-0.3, -0.25) is 0 Å². The standard InChI is InChI=1S/C11H17N3O3/c1-16-11(15)10-6-9(13-17-10)8-2-4-14(7-8)5-3-12/h6,8H,2-5,7,12H2,1H3/t8-/m1/s1. The summed E-state index contributed by atoms with van der Waals surface area (Å²) < 4.78 is 9.53. The van der Waals surface area contributed by atoms with Crippen LogP contribution in [0.1, 0.15) is 28.6 Å². The molecule has 0 aromatic carbocycles. The number of aromatic nitrogens is 1. The molecule has 6 heteroatoms. The second kappa shape index (κ2) is 5.29. The first kappa shape index (κ1) is 12.1. The Bertz CT molecular complexity index is 391. The minimum atomic E-state index is -0.486. The highest BCUT2D eigenvalue weighted by molar-refractivity contribution is 5.86. The highest BCUT2D eigenvalue weighted by Gasteiger charge is 2.27. The maximum absolute atomic E-state index is 11.2. The third-order valence-electron chi connectivity index (χ3n) is 3.05. The van der Waals surface area contributed by atoms with Crippen molar-refractivity contribution >= 4 is 5.97 Å². The van der Waals surface area contributed by atoms with Gasteiger partial charge in [-0.25, -0.2) is 4.79 Å². The van der Waals surface area contributed by atoms with Gasteiger partial charge in [-0.05, 0) is 13.0 Å². The van der Waals surface area contributed by atoms with E-state index in [0.29, 0.717) is 12.5 Å². The lowest BCUT2D eigenvalue weighted by Crippen LogP contribution is -2.27. The largest absolute Gasteiger partial charge is 0.463 e. The fraction of sp³-hybridized carbons (Fsp3) is 0.636. The van der Waals surface area contributed by atoms with Gasteiger partial charge in [0.2, 0.25) is 5.76 Å². The minimum absolute atomic E-state index is 0.166. The van der Waals surface area contributed by atoms with E-state index in [1.54, 1.807) is 6.07 Å². The molecule has 2 heterocycles. The molecule has 1 fully saturated rings. The molecule has 2 N–H and O–H groups in total. The molecule has 0 bridgehead atoms. The van der Waals surface area contributed by atoms with Crippen LogP contribution < -0.4 is 5.73 Å². The number of esters is 1. The van der Waals surface area contributed by atoms with E-state index in [2.05, 4.69) is 14.8 Å². The number of carbonyl (C=O) groups is 1. The van der Waals surface area contributed by atoms with E-state index in [1.165, 1.54) is 7.11 Å². The maximum Gasteiger partial charge on any atom is 0.376 e. The summed E-state index contributed by atoms with van der Waals surface area (Å²) in [5.41, 5.74) is 6.34. The van der Waals surface area contributed by atoms with Crippen LogP contribution in [-0.4, -0.2) is 49.3 Å². The van der Waals surface area contributed by atoms with Gasteiger partial charge >= 0.3 is 5.97 Å². The first-order valence-corrected chi connectivity index (χ1v) is 5.72. The summed E-state index contributed by atoms with van der Waals surface area (Å²) >= 11 is 0. The van der Waals surface area contributed by atoms with Gasteiger partial charge in [0.25, 0.3) is 0 Å². The zero-order valence-electron chi connectivity index (χ0n) is 9.89. The molecule has 1 aliphatic rings. The molecule has 0 spiro atoms. The molecular formula is C11H17N3O3. The number of hydrogen-bond acceptors (Lipinski definition) is 6. The van der Waals surface area contributed by atoms with Crippen LogP contribution in [0.5, 0.6) is 0 Å². The van der Waals surface area contributed by atoms with Crippen molar-refractivity contribution in [3.05, 3.63) is 17.5 Å². The van der Waals surface area contributed by atoms with Gasteiger partial charge in [0.15, 0.2) is 0 Å². The molecule has 0 aliphatic carbocycles. The summed E-state index contributed by atoms with van der Waals surface area (Å²) in [7, 11) is 1.32. The molecule has 2 rings (SSSR count). The number of nitrogens with zero attached hydrogens (tertiary/aromatic N) is 2. The fourth-order valence-corrected chi connectivity index (χ4v) is 2.14. The molecule has 0 amide bonds. The van der Waals surface area contributed by atoms with Gasteiger partial charge in [0.1, 0.15) is 0 Å². The molecule has 94 valence electrons. The van der Waals surface area contributed by atoms with Crippen molar-refractivity contribution in [3.8, 4) is 0 Å². The van der Waals surface area contributed by atoms with Crippen LogP contribution in [0.4, 0.5) is 0 Å². The molecule has 6 nitrogen and oxygen atoms in total. The van der Waals surface area contributed by atoms with E-state index in [4.69, 9.17) is 10.3 Å². The summed E-state index contributed by atoms with van der Waals surface area (Å²) in [5.74, 6) is 0.00374. The average molecular weight is 239 g/mol. The van der Waals surface area contributed by atoms with Gasteiger partial charge in [-0.15, -0.1) is 0 Å². The number of carbonyl (C=O) groups excluding carboxylic acids is 1. The molecule has 1 saturated heterocycles. The number of rotatable bonds is 4. The topological polar surface area (TPSA) is 81.6 Å². The van der Waals surface area contributed by atoms with Crippen LogP contribution in [0.3, 0.4) is 0 Å². The molecule has 0 radical (unpaired) electrons. The number of ether oxygens (including phenoxy) is 1. The summed E-state index contributed by atoms with van der Waals surface area (Å²) in [6.45, 7) is 3.50. The summed E-state index contributed by atoms with van der Waals surface area (Å²) in [5, 5.41) is 3.93. The van der Waals surface area contributed by atoms with E-state index in [1.807, 2.05) is 0 Å². The smallest absolute Gasteiger partial charge is 0.376 e. The van der Waals surface area contributed by atoms with Gasteiger partial charge in [0.05, 0.1) is 12.8 Å². The van der Waals surface area contributed by atoms with Gasteiger partial charge in [-0.1, -0.05) is 5.16 Å². The average Bonchev–Trinajstić information content (AvgIpc) is 2.96. The van der Waals surface area contributed by atoms with Crippen molar-refractivity contribution in [2.45, 2.75) is 12.3 Å². The normalized spacial score (nSPS) is 20.7. The Balaban J connectivity index is 1.99. The van der Waals surface area contributed by atoms with Gasteiger partial charge in [-0.2, -0.15) is 0 Å². The minimum Gasteiger partial charge on any atom is -0.463 e. The maximum atomic E-state index is 11.2. The lowest BCUT2D eigenvalue weighted by atomic mass is 10.1. The van der Waals surface area contributed by atoms with Crippen molar-refractivity contribution in [1.82, 2.24) is 10.1 Å². The monoisotopic (exact) mass is 239 g/mol. The van der Waals surface area contributed by atoms with E-state index < -0.39 is 5.97 Å². The fourth-order valence-electron chi connectivity index (χ4n) is 2.14. The molecule has 1 aromatic rings. The van der Waals surface area contributed by atoms with Gasteiger partial charge < -0.3 is 19.9 Å². The van der Waals surface area contributed by atoms with Crippen LogP contribution in [0.15, 0.2) is 10.6 Å². The van der Waals surface area contributed by atoms with Crippen molar-refractivity contribution in [2.75, 3.05) is 33.3 Å². The van der Waals surface area contributed by atoms with Crippen molar-refractivity contribution in [2.24, 2.45) is 5.73 Å². The SMILES string of the molecule is COC(=O)c1cc([C@@H]2CCN(CCN)C2)no1. The third-order valence-corrected chi connectivity index (χ3v) is 3.05. The van der Waals surface area contributed by atoms with Crippen molar-refractivity contribution in [3.63, 3.8) is 0 Å². The highest BCUT2D eigenvalue weighted by Crippen LogP contribution is 2.26. The van der Waals surface area contributed by atoms with Crippen LogP contribution >= 0.6 is 0 Å². The van der Waals surface area contributed by atoms with E-state index in [9.17, 15) is 4.79 Å². The Morgan fingerprint density at radius 3 is 3.29 bits per heavy atom. The molecule has 1 atom stereocenters. The summed E-state index contributed by atoms with van der Waals surface area (Å²) in [6, 6.07) is 1.67. The zero-order chi connectivity index (χ0) is 12.3. The first-order chi connectivity index (χ1) is 8.24. The molecule has 1 aliphatic heterocycles. The van der Waals surface area contributed by atoms with Crippen LogP contribution in [0, 0.1) is 0 Å². The van der Waals surface area contributed by atoms with Gasteiger partial charge in [0, 0.05) is 31.6 Å². The lowest BCUT2D eigenvalue weighted by molar-refractivity contribution is 0.0554. The Kier molecular flexibility index (Phi) is 3.75. The predicted molar refractivity (Wildman–Crippen MR) is 60.7 cm³/mol. The molecule has 1 aromatic heterocycles. The number of methoxy groups -OCH3 is 1. The van der Waals surface area contributed by atoms with Crippen molar-refractivity contribution in [1.29, 1.82) is 0 Å². The molecule has 17 heavy (non-hydrogen) atoms. The Morgan fingerprint density at radius 2 is 2.59 bits per heavy atom. The number of nitrogens with two attached hydrogens (primary N) is 1. The Hall–Kier alpha value is -1.40. The van der Waals surface area contributed by atoms with Crippen LogP contribution in [0.2, 0.25) is 0 Å². The Morgan fingerprint density at radius 1 is 1.76 bits per heavy atom. The molecule has 0 unspecified atom stereocenters. The van der Waals surface area contributed by atoms with Crippen LogP contribution in [-0.2, 0) is 4.74 Å². The van der Waals surface area contributed by atoms with Crippen LogP contribution in [0.25, 0.3) is 0 Å². The second-order valence-electron chi connectivity index (χ2n) is 4.18. The van der Waals surface area contributed by atoms with E-state index in [0.717, 1.165) is 31.7 Å². The predicted octanol–water partition coefficient (Wildman–Crippen LogP) is 0.209. The Labute approximate surface area is 99.7 Å². The second-order valence-corrected chi connectivity index (χ2v) is 4.18.